The van der Waals surface area contributed by atoms with E-state index in [1.807, 2.05) is 6.92 Å². The van der Waals surface area contributed by atoms with Crippen molar-refractivity contribution in [2.45, 2.75) is 51.3 Å². The number of ether oxygens (including phenoxy) is 2. The first-order chi connectivity index (χ1) is 13.3. The summed E-state index contributed by atoms with van der Waals surface area (Å²) >= 11 is 0. The van der Waals surface area contributed by atoms with Crippen molar-refractivity contribution in [3.8, 4) is 5.75 Å². The van der Waals surface area contributed by atoms with Crippen molar-refractivity contribution < 1.29 is 22.7 Å². The molecule has 0 aliphatic heterocycles. The molecule has 11 heteroatoms. The van der Waals surface area contributed by atoms with Gasteiger partial charge in [-0.05, 0) is 47.0 Å². The van der Waals surface area contributed by atoms with Gasteiger partial charge in [-0.3, -0.25) is 4.79 Å². The van der Waals surface area contributed by atoms with Crippen LogP contribution < -0.4 is 9.46 Å². The predicted molar refractivity (Wildman–Crippen MR) is 99.8 cm³/mol. The van der Waals surface area contributed by atoms with E-state index < -0.39 is 22.0 Å². The summed E-state index contributed by atoms with van der Waals surface area (Å²) in [6.45, 7) is 5.88. The Hall–Kier alpha value is -2.53. The summed E-state index contributed by atoms with van der Waals surface area (Å²) in [5.74, 6) is -0.0930. The molecule has 0 aliphatic rings. The van der Waals surface area contributed by atoms with Gasteiger partial charge in [-0.25, -0.2) is 13.1 Å². The van der Waals surface area contributed by atoms with E-state index in [1.54, 1.807) is 18.5 Å². The van der Waals surface area contributed by atoms with Crippen molar-refractivity contribution >= 4 is 16.0 Å². The molecule has 0 unspecified atom stereocenters. The van der Waals surface area contributed by atoms with Crippen LogP contribution in [-0.2, 0) is 32.7 Å². The molecule has 0 fully saturated rings. The minimum absolute atomic E-state index is 0.0265. The van der Waals surface area contributed by atoms with Gasteiger partial charge in [-0.2, -0.15) is 4.72 Å². The Morgan fingerprint density at radius 2 is 1.93 bits per heavy atom. The summed E-state index contributed by atoms with van der Waals surface area (Å²) in [7, 11) is -2.43. The number of nitrogens with one attached hydrogen (secondary N) is 1. The summed E-state index contributed by atoms with van der Waals surface area (Å²) in [5, 5.41) is 11.2. The molecule has 0 saturated heterocycles. The number of methoxy groups -OCH3 is 1. The molecule has 154 valence electrons. The molecule has 2 rings (SSSR count). The van der Waals surface area contributed by atoms with Gasteiger partial charge in [-0.15, -0.1) is 5.10 Å². The number of esters is 1. The van der Waals surface area contributed by atoms with Crippen LogP contribution >= 0.6 is 0 Å². The number of hydrogen-bond acceptors (Lipinski definition) is 8. The highest BCUT2D eigenvalue weighted by molar-refractivity contribution is 7.89. The third-order valence-electron chi connectivity index (χ3n) is 3.96. The molecule has 0 bridgehead atoms. The molecule has 1 heterocycles. The fraction of sp³-hybridized carbons (Fsp3) is 0.529. The van der Waals surface area contributed by atoms with Crippen LogP contribution in [0.5, 0.6) is 5.75 Å². The lowest BCUT2D eigenvalue weighted by atomic mass is 10.1. The third-order valence-corrected chi connectivity index (χ3v) is 5.41. The third kappa shape index (κ3) is 5.49. The van der Waals surface area contributed by atoms with Crippen LogP contribution in [0.4, 0.5) is 0 Å². The van der Waals surface area contributed by atoms with Crippen molar-refractivity contribution in [1.82, 2.24) is 24.9 Å². The molecule has 0 saturated carbocycles. The first kappa shape index (κ1) is 21.8. The summed E-state index contributed by atoms with van der Waals surface area (Å²) in [5.41, 5.74) is 0. The van der Waals surface area contributed by atoms with E-state index in [4.69, 9.17) is 9.47 Å². The average Bonchev–Trinajstić information content (AvgIpc) is 3.11. The molecule has 0 aliphatic carbocycles. The number of tetrazole rings is 1. The van der Waals surface area contributed by atoms with Crippen LogP contribution in [0.25, 0.3) is 0 Å². The first-order valence-corrected chi connectivity index (χ1v) is 10.3. The minimum atomic E-state index is -3.92. The highest BCUT2D eigenvalue weighted by Gasteiger charge is 2.30. The average molecular weight is 411 g/mol. The van der Waals surface area contributed by atoms with Gasteiger partial charge in [0.25, 0.3) is 0 Å². The Morgan fingerprint density at radius 1 is 1.25 bits per heavy atom. The zero-order chi connectivity index (χ0) is 20.7. The second-order valence-corrected chi connectivity index (χ2v) is 8.16. The fourth-order valence-corrected chi connectivity index (χ4v) is 3.72. The number of sulfonamides is 1. The van der Waals surface area contributed by atoms with E-state index in [2.05, 4.69) is 20.2 Å². The lowest BCUT2D eigenvalue weighted by Gasteiger charge is -2.20. The quantitative estimate of drug-likeness (QED) is 0.577. The number of carbonyl (C=O) groups is 1. The van der Waals surface area contributed by atoms with Crippen LogP contribution in [-0.4, -0.2) is 47.7 Å². The largest absolute Gasteiger partial charge is 0.497 e. The number of aromatic nitrogens is 4. The Kier molecular flexibility index (Phi) is 7.46. The standard InChI is InChI=1S/C17H25N5O5S/c1-5-10-22-15(18-20-21-22)11-27-17(23)16(12(2)3)19-28(24,25)14-8-6-13(26-4)7-9-14/h6-9,12,16,19H,5,10-11H2,1-4H3/t16-/m0/s1. The van der Waals surface area contributed by atoms with Crippen molar-refractivity contribution in [3.05, 3.63) is 30.1 Å². The van der Waals surface area contributed by atoms with Crippen LogP contribution in [0, 0.1) is 5.92 Å². The zero-order valence-electron chi connectivity index (χ0n) is 16.3. The highest BCUT2D eigenvalue weighted by Crippen LogP contribution is 2.17. The number of rotatable bonds is 10. The van der Waals surface area contributed by atoms with Crippen molar-refractivity contribution in [3.63, 3.8) is 0 Å². The van der Waals surface area contributed by atoms with Crippen LogP contribution in [0.15, 0.2) is 29.2 Å². The van der Waals surface area contributed by atoms with Gasteiger partial charge in [0, 0.05) is 6.54 Å². The van der Waals surface area contributed by atoms with E-state index in [-0.39, 0.29) is 17.4 Å². The van der Waals surface area contributed by atoms with E-state index in [9.17, 15) is 13.2 Å². The molecule has 1 aromatic carbocycles. The van der Waals surface area contributed by atoms with Gasteiger partial charge < -0.3 is 9.47 Å². The lowest BCUT2D eigenvalue weighted by molar-refractivity contribution is -0.148. The molecule has 10 nitrogen and oxygen atoms in total. The Labute approximate surface area is 164 Å². The van der Waals surface area contributed by atoms with Gasteiger partial charge in [0.1, 0.15) is 11.8 Å². The highest BCUT2D eigenvalue weighted by atomic mass is 32.2. The second kappa shape index (κ2) is 9.60. The van der Waals surface area contributed by atoms with Crippen LogP contribution in [0.1, 0.15) is 33.0 Å². The first-order valence-electron chi connectivity index (χ1n) is 8.86. The van der Waals surface area contributed by atoms with Gasteiger partial charge >= 0.3 is 5.97 Å². The molecular weight excluding hydrogens is 386 g/mol. The molecule has 0 radical (unpaired) electrons. The zero-order valence-corrected chi connectivity index (χ0v) is 17.1. The van der Waals surface area contributed by atoms with E-state index >= 15 is 0 Å². The van der Waals surface area contributed by atoms with Crippen LogP contribution in [0.2, 0.25) is 0 Å². The monoisotopic (exact) mass is 411 g/mol. The SMILES string of the molecule is CCCn1nnnc1COC(=O)[C@@H](NS(=O)(=O)c1ccc(OC)cc1)C(C)C. The Balaban J connectivity index is 2.08. The molecule has 28 heavy (non-hydrogen) atoms. The number of carbonyl (C=O) groups excluding carboxylic acids is 1. The molecular formula is C17H25N5O5S. The maximum atomic E-state index is 12.6. The second-order valence-electron chi connectivity index (χ2n) is 6.44. The Bertz CT molecular complexity index is 880. The minimum Gasteiger partial charge on any atom is -0.497 e. The van der Waals surface area contributed by atoms with Gasteiger partial charge in [0.15, 0.2) is 12.4 Å². The van der Waals surface area contributed by atoms with Gasteiger partial charge in [0.05, 0.1) is 12.0 Å². The molecule has 2 aromatic rings. The molecule has 1 N–H and O–H groups in total. The maximum absolute atomic E-state index is 12.6. The van der Waals surface area contributed by atoms with E-state index in [0.717, 1.165) is 6.42 Å². The molecule has 0 amide bonds. The summed E-state index contributed by atoms with van der Waals surface area (Å²) in [6.07, 6.45) is 0.822. The number of nitrogens with zero attached hydrogens (tertiary/aromatic N) is 4. The van der Waals surface area contributed by atoms with Gasteiger partial charge in [0.2, 0.25) is 10.0 Å². The topological polar surface area (TPSA) is 125 Å². The Morgan fingerprint density at radius 3 is 2.50 bits per heavy atom. The maximum Gasteiger partial charge on any atom is 0.324 e. The summed E-state index contributed by atoms with van der Waals surface area (Å²) in [6, 6.07) is 4.82. The van der Waals surface area contributed by atoms with Gasteiger partial charge in [-0.1, -0.05) is 20.8 Å². The molecule has 0 spiro atoms. The number of hydrogen-bond donors (Lipinski definition) is 1. The van der Waals surface area contributed by atoms with Crippen molar-refractivity contribution in [1.29, 1.82) is 0 Å². The lowest BCUT2D eigenvalue weighted by Crippen LogP contribution is -2.45. The van der Waals surface area contributed by atoms with E-state index in [1.165, 1.54) is 31.4 Å². The normalized spacial score (nSPS) is 12.8. The summed E-state index contributed by atoms with van der Waals surface area (Å²) in [4.78, 5) is 12.5. The van der Waals surface area contributed by atoms with Crippen LogP contribution in [0.3, 0.4) is 0 Å². The number of benzene rings is 1. The fourth-order valence-electron chi connectivity index (χ4n) is 2.38. The van der Waals surface area contributed by atoms with Crippen molar-refractivity contribution in [2.24, 2.45) is 5.92 Å². The predicted octanol–water partition coefficient (Wildman–Crippen LogP) is 1.14. The molecule has 1 atom stereocenters. The number of aryl methyl sites for hydroxylation is 1. The van der Waals surface area contributed by atoms with Crippen molar-refractivity contribution in [2.75, 3.05) is 7.11 Å². The molecule has 1 aromatic heterocycles. The smallest absolute Gasteiger partial charge is 0.324 e. The van der Waals surface area contributed by atoms with E-state index in [0.29, 0.717) is 18.1 Å². The summed E-state index contributed by atoms with van der Waals surface area (Å²) < 4.78 is 39.5.